The second-order valence-electron chi connectivity index (χ2n) is 6.18. The molecule has 0 aromatic carbocycles. The van der Waals surface area contributed by atoms with Crippen molar-refractivity contribution < 1.29 is 9.84 Å². The number of aliphatic hydroxyl groups is 1. The lowest BCUT2D eigenvalue weighted by Gasteiger charge is -2.36. The van der Waals surface area contributed by atoms with Gasteiger partial charge in [0.25, 0.3) is 0 Å². The fourth-order valence-electron chi connectivity index (χ4n) is 3.10. The van der Waals surface area contributed by atoms with Gasteiger partial charge in [-0.25, -0.2) is 4.98 Å². The molecule has 5 heteroatoms. The second-order valence-corrected chi connectivity index (χ2v) is 6.18. The largest absolute Gasteiger partial charge is 0.479 e. The summed E-state index contributed by atoms with van der Waals surface area (Å²) in [5.74, 6) is 0.602. The molecule has 0 aliphatic heterocycles. The topological polar surface area (TPSA) is 57.6 Å². The molecule has 1 fully saturated rings. The van der Waals surface area contributed by atoms with Crippen LogP contribution in [0.4, 0.5) is 11.4 Å². The molecule has 1 aromatic rings. The number of anilines is 2. The third-order valence-electron chi connectivity index (χ3n) is 4.46. The highest BCUT2D eigenvalue weighted by Crippen LogP contribution is 2.38. The highest BCUT2D eigenvalue weighted by atomic mass is 16.5. The zero-order valence-electron chi connectivity index (χ0n) is 13.4. The molecule has 1 aliphatic rings. The standard InChI is InChI=1S/C16H27N3O2/c1-19(2)13-7-10-17-15(21-3)14(13)18-11-16(12-20)8-5-4-6-9-16/h7,10,18,20H,4-6,8-9,11-12H2,1-3H3. The Morgan fingerprint density at radius 3 is 2.62 bits per heavy atom. The molecule has 1 heterocycles. The summed E-state index contributed by atoms with van der Waals surface area (Å²) >= 11 is 0. The highest BCUT2D eigenvalue weighted by Gasteiger charge is 2.31. The quantitative estimate of drug-likeness (QED) is 0.844. The van der Waals surface area contributed by atoms with Gasteiger partial charge in [0.15, 0.2) is 0 Å². The third-order valence-corrected chi connectivity index (χ3v) is 4.46. The van der Waals surface area contributed by atoms with Crippen LogP contribution >= 0.6 is 0 Å². The molecule has 1 saturated carbocycles. The lowest BCUT2D eigenvalue weighted by atomic mass is 9.74. The molecule has 118 valence electrons. The Hall–Kier alpha value is -1.49. The Bertz CT molecular complexity index is 457. The molecular weight excluding hydrogens is 266 g/mol. The van der Waals surface area contributed by atoms with E-state index in [4.69, 9.17) is 4.74 Å². The Labute approximate surface area is 127 Å². The molecular formula is C16H27N3O2. The van der Waals surface area contributed by atoms with Crippen molar-refractivity contribution >= 4 is 11.4 Å². The molecule has 0 radical (unpaired) electrons. The van der Waals surface area contributed by atoms with Crippen LogP contribution in [0.5, 0.6) is 5.88 Å². The van der Waals surface area contributed by atoms with E-state index in [0.717, 1.165) is 30.8 Å². The number of pyridine rings is 1. The normalized spacial score (nSPS) is 17.3. The van der Waals surface area contributed by atoms with Crippen LogP contribution in [0.25, 0.3) is 0 Å². The summed E-state index contributed by atoms with van der Waals surface area (Å²) in [6.07, 6.45) is 7.59. The lowest BCUT2D eigenvalue weighted by Crippen LogP contribution is -2.36. The van der Waals surface area contributed by atoms with Gasteiger partial charge in [-0.1, -0.05) is 19.3 Å². The summed E-state index contributed by atoms with van der Waals surface area (Å²) in [4.78, 5) is 6.32. The van der Waals surface area contributed by atoms with Crippen LogP contribution in [0.15, 0.2) is 12.3 Å². The number of nitrogens with one attached hydrogen (secondary N) is 1. The summed E-state index contributed by atoms with van der Waals surface area (Å²) in [5, 5.41) is 13.3. The van der Waals surface area contributed by atoms with Crippen molar-refractivity contribution in [3.63, 3.8) is 0 Å². The van der Waals surface area contributed by atoms with E-state index in [2.05, 4.69) is 10.3 Å². The molecule has 0 saturated heterocycles. The predicted octanol–water partition coefficient (Wildman–Crippen LogP) is 2.51. The molecule has 2 N–H and O–H groups in total. The van der Waals surface area contributed by atoms with E-state index in [1.54, 1.807) is 13.3 Å². The van der Waals surface area contributed by atoms with Crippen molar-refractivity contribution in [1.82, 2.24) is 4.98 Å². The van der Waals surface area contributed by atoms with E-state index >= 15 is 0 Å². The van der Waals surface area contributed by atoms with Gasteiger partial charge in [-0.05, 0) is 18.9 Å². The maximum absolute atomic E-state index is 9.83. The fourth-order valence-corrected chi connectivity index (χ4v) is 3.10. The zero-order valence-corrected chi connectivity index (χ0v) is 13.4. The number of ether oxygens (including phenoxy) is 1. The van der Waals surface area contributed by atoms with Gasteiger partial charge >= 0.3 is 0 Å². The summed E-state index contributed by atoms with van der Waals surface area (Å²) in [7, 11) is 5.64. The van der Waals surface area contributed by atoms with Crippen molar-refractivity contribution in [3.05, 3.63) is 12.3 Å². The van der Waals surface area contributed by atoms with E-state index in [1.807, 2.05) is 25.1 Å². The summed E-state index contributed by atoms with van der Waals surface area (Å²) < 4.78 is 5.38. The number of aliphatic hydroxyl groups excluding tert-OH is 1. The van der Waals surface area contributed by atoms with Gasteiger partial charge in [0.1, 0.15) is 5.69 Å². The number of rotatable bonds is 6. The molecule has 21 heavy (non-hydrogen) atoms. The summed E-state index contributed by atoms with van der Waals surface area (Å²) in [6.45, 7) is 0.992. The minimum atomic E-state index is -0.0112. The fraction of sp³-hybridized carbons (Fsp3) is 0.688. The molecule has 1 aliphatic carbocycles. The predicted molar refractivity (Wildman–Crippen MR) is 86.2 cm³/mol. The Kier molecular flexibility index (Phi) is 5.28. The second kappa shape index (κ2) is 6.98. The first-order valence-corrected chi connectivity index (χ1v) is 7.67. The van der Waals surface area contributed by atoms with Gasteiger partial charge in [-0.3, -0.25) is 0 Å². The number of methoxy groups -OCH3 is 1. The Morgan fingerprint density at radius 2 is 2.05 bits per heavy atom. The average molecular weight is 293 g/mol. The molecule has 1 aromatic heterocycles. The van der Waals surface area contributed by atoms with E-state index in [0.29, 0.717) is 5.88 Å². The van der Waals surface area contributed by atoms with Crippen molar-refractivity contribution in [2.75, 3.05) is 44.6 Å². The number of nitrogens with zero attached hydrogens (tertiary/aromatic N) is 2. The number of hydrogen-bond donors (Lipinski definition) is 2. The van der Waals surface area contributed by atoms with Crippen LogP contribution in [-0.2, 0) is 0 Å². The SMILES string of the molecule is COc1nccc(N(C)C)c1NCC1(CO)CCCCC1. The van der Waals surface area contributed by atoms with Gasteiger partial charge < -0.3 is 20.1 Å². The van der Waals surface area contributed by atoms with E-state index in [1.165, 1.54) is 19.3 Å². The van der Waals surface area contributed by atoms with E-state index in [-0.39, 0.29) is 12.0 Å². The minimum Gasteiger partial charge on any atom is -0.479 e. The number of hydrogen-bond acceptors (Lipinski definition) is 5. The first kappa shape index (κ1) is 15.9. The maximum Gasteiger partial charge on any atom is 0.239 e. The average Bonchev–Trinajstić information content (AvgIpc) is 2.53. The van der Waals surface area contributed by atoms with Crippen LogP contribution in [-0.4, -0.2) is 44.4 Å². The zero-order chi connectivity index (χ0) is 15.3. The Morgan fingerprint density at radius 1 is 1.33 bits per heavy atom. The van der Waals surface area contributed by atoms with E-state index in [9.17, 15) is 5.11 Å². The summed E-state index contributed by atoms with van der Waals surface area (Å²) in [5.41, 5.74) is 1.94. The van der Waals surface area contributed by atoms with Crippen molar-refractivity contribution in [3.8, 4) is 5.88 Å². The molecule has 0 spiro atoms. The lowest BCUT2D eigenvalue weighted by molar-refractivity contribution is 0.0943. The minimum absolute atomic E-state index is 0.0112. The molecule has 0 amide bonds. The van der Waals surface area contributed by atoms with Gasteiger partial charge in [0.2, 0.25) is 5.88 Å². The molecule has 0 unspecified atom stereocenters. The highest BCUT2D eigenvalue weighted by molar-refractivity contribution is 5.74. The van der Waals surface area contributed by atoms with Crippen molar-refractivity contribution in [2.45, 2.75) is 32.1 Å². The molecule has 0 bridgehead atoms. The van der Waals surface area contributed by atoms with Crippen LogP contribution in [0.2, 0.25) is 0 Å². The number of aromatic nitrogens is 1. The monoisotopic (exact) mass is 293 g/mol. The van der Waals surface area contributed by atoms with Crippen molar-refractivity contribution in [2.24, 2.45) is 5.41 Å². The molecule has 5 nitrogen and oxygen atoms in total. The van der Waals surface area contributed by atoms with Crippen LogP contribution in [0.3, 0.4) is 0 Å². The third kappa shape index (κ3) is 3.59. The smallest absolute Gasteiger partial charge is 0.239 e. The van der Waals surface area contributed by atoms with Crippen LogP contribution in [0, 0.1) is 5.41 Å². The van der Waals surface area contributed by atoms with Gasteiger partial charge in [-0.2, -0.15) is 0 Å². The van der Waals surface area contributed by atoms with Crippen LogP contribution in [0.1, 0.15) is 32.1 Å². The van der Waals surface area contributed by atoms with Crippen molar-refractivity contribution in [1.29, 1.82) is 0 Å². The van der Waals surface area contributed by atoms with E-state index < -0.39 is 0 Å². The van der Waals surface area contributed by atoms with Gasteiger partial charge in [0, 0.05) is 32.3 Å². The first-order valence-electron chi connectivity index (χ1n) is 7.67. The summed E-state index contributed by atoms with van der Waals surface area (Å²) in [6, 6.07) is 1.97. The van der Waals surface area contributed by atoms with Gasteiger partial charge in [-0.15, -0.1) is 0 Å². The molecule has 0 atom stereocenters. The Balaban J connectivity index is 2.18. The maximum atomic E-state index is 9.83. The first-order chi connectivity index (χ1) is 10.1. The molecule has 2 rings (SSSR count). The van der Waals surface area contributed by atoms with Gasteiger partial charge in [0.05, 0.1) is 19.4 Å². The van der Waals surface area contributed by atoms with Crippen LogP contribution < -0.4 is 15.0 Å².